The van der Waals surface area contributed by atoms with Gasteiger partial charge in [0.2, 0.25) is 5.91 Å². The molecule has 0 bridgehead atoms. The second-order valence-electron chi connectivity index (χ2n) is 6.27. The first kappa shape index (κ1) is 22.1. The predicted molar refractivity (Wildman–Crippen MR) is 116 cm³/mol. The number of amides is 1. The van der Waals surface area contributed by atoms with Gasteiger partial charge >= 0.3 is 0 Å². The fourth-order valence-corrected chi connectivity index (χ4v) is 3.84. The summed E-state index contributed by atoms with van der Waals surface area (Å²) < 4.78 is 26.7. The van der Waals surface area contributed by atoms with Crippen molar-refractivity contribution in [1.29, 1.82) is 0 Å². The van der Waals surface area contributed by atoms with Crippen LogP contribution in [0.4, 0.5) is 10.1 Å². The van der Waals surface area contributed by atoms with Crippen molar-refractivity contribution in [3.8, 4) is 11.5 Å². The summed E-state index contributed by atoms with van der Waals surface area (Å²) in [6, 6.07) is 11.4. The van der Waals surface area contributed by atoms with Gasteiger partial charge in [-0.3, -0.25) is 4.79 Å². The standard InChI is InChI=1S/C20H20BrFN4O3S/c1-12(29-17-7-5-4-6-16(17)28-3)19-24-25-20(26(19)2)30-11-18(27)23-15-9-8-13(22)10-14(15)21/h4-10,12H,11H2,1-3H3,(H,23,27). The molecule has 158 valence electrons. The van der Waals surface area contributed by atoms with E-state index >= 15 is 0 Å². The Kier molecular flexibility index (Phi) is 7.33. The molecule has 3 aromatic rings. The second-order valence-corrected chi connectivity index (χ2v) is 8.07. The Bertz CT molecular complexity index is 1050. The van der Waals surface area contributed by atoms with E-state index in [1.54, 1.807) is 11.7 Å². The molecular weight excluding hydrogens is 475 g/mol. The number of carbonyl (C=O) groups is 1. The summed E-state index contributed by atoms with van der Waals surface area (Å²) in [5.74, 6) is 1.35. The summed E-state index contributed by atoms with van der Waals surface area (Å²) in [4.78, 5) is 12.2. The van der Waals surface area contributed by atoms with E-state index in [1.807, 2.05) is 38.2 Å². The quantitative estimate of drug-likeness (QED) is 0.461. The lowest BCUT2D eigenvalue weighted by atomic mass is 10.3. The maximum atomic E-state index is 13.2. The molecule has 30 heavy (non-hydrogen) atoms. The van der Waals surface area contributed by atoms with Gasteiger partial charge in [0.15, 0.2) is 28.6 Å². The van der Waals surface area contributed by atoms with Crippen LogP contribution in [0.25, 0.3) is 0 Å². The highest BCUT2D eigenvalue weighted by Gasteiger charge is 2.19. The van der Waals surface area contributed by atoms with Crippen LogP contribution in [0.3, 0.4) is 0 Å². The number of halogens is 2. The molecule has 1 unspecified atom stereocenters. The number of rotatable bonds is 8. The molecule has 1 amide bonds. The Morgan fingerprint density at radius 3 is 2.70 bits per heavy atom. The number of methoxy groups -OCH3 is 1. The van der Waals surface area contributed by atoms with E-state index in [9.17, 15) is 9.18 Å². The van der Waals surface area contributed by atoms with E-state index in [2.05, 4.69) is 31.4 Å². The van der Waals surface area contributed by atoms with Gasteiger partial charge in [0, 0.05) is 11.5 Å². The highest BCUT2D eigenvalue weighted by molar-refractivity contribution is 9.10. The van der Waals surface area contributed by atoms with Crippen LogP contribution in [0.2, 0.25) is 0 Å². The summed E-state index contributed by atoms with van der Waals surface area (Å²) in [7, 11) is 3.40. The van der Waals surface area contributed by atoms with Crippen molar-refractivity contribution in [3.63, 3.8) is 0 Å². The summed E-state index contributed by atoms with van der Waals surface area (Å²) in [6.45, 7) is 1.86. The number of para-hydroxylation sites is 2. The predicted octanol–water partition coefficient (Wildman–Crippen LogP) is 4.60. The van der Waals surface area contributed by atoms with E-state index in [0.717, 1.165) is 0 Å². The highest BCUT2D eigenvalue weighted by atomic mass is 79.9. The number of aromatic nitrogens is 3. The third-order valence-electron chi connectivity index (χ3n) is 4.14. The molecule has 3 rings (SSSR count). The molecule has 7 nitrogen and oxygen atoms in total. The van der Waals surface area contributed by atoms with Gasteiger partial charge in [-0.25, -0.2) is 4.39 Å². The van der Waals surface area contributed by atoms with Crippen LogP contribution in [0, 0.1) is 5.82 Å². The molecule has 0 saturated carbocycles. The maximum absolute atomic E-state index is 13.2. The number of nitrogens with one attached hydrogen (secondary N) is 1. The Hall–Kier alpha value is -2.59. The first-order valence-corrected chi connectivity index (χ1v) is 10.7. The monoisotopic (exact) mass is 494 g/mol. The highest BCUT2D eigenvalue weighted by Crippen LogP contribution is 2.31. The third kappa shape index (κ3) is 5.31. The Morgan fingerprint density at radius 1 is 1.27 bits per heavy atom. The van der Waals surface area contributed by atoms with Crippen LogP contribution in [0.15, 0.2) is 52.1 Å². The second kappa shape index (κ2) is 9.94. The molecule has 1 heterocycles. The van der Waals surface area contributed by atoms with Crippen molar-refractivity contribution >= 4 is 39.3 Å². The van der Waals surface area contributed by atoms with Crippen molar-refractivity contribution in [1.82, 2.24) is 14.8 Å². The van der Waals surface area contributed by atoms with Crippen molar-refractivity contribution in [3.05, 3.63) is 58.6 Å². The summed E-state index contributed by atoms with van der Waals surface area (Å²) in [5.41, 5.74) is 0.500. The zero-order valence-electron chi connectivity index (χ0n) is 16.6. The Labute approximate surface area is 186 Å². The Balaban J connectivity index is 1.61. The van der Waals surface area contributed by atoms with Crippen LogP contribution in [0.1, 0.15) is 18.9 Å². The summed E-state index contributed by atoms with van der Waals surface area (Å²) in [5, 5.41) is 11.7. The molecule has 1 atom stereocenters. The van der Waals surface area contributed by atoms with E-state index in [1.165, 1.54) is 30.0 Å². The van der Waals surface area contributed by atoms with Crippen molar-refractivity contribution < 1.29 is 18.7 Å². The number of carbonyl (C=O) groups excluding carboxylic acids is 1. The first-order chi connectivity index (χ1) is 14.4. The lowest BCUT2D eigenvalue weighted by Gasteiger charge is -2.16. The molecule has 0 aliphatic carbocycles. The third-order valence-corrected chi connectivity index (χ3v) is 5.82. The SMILES string of the molecule is COc1ccccc1OC(C)c1nnc(SCC(=O)Nc2ccc(F)cc2Br)n1C. The molecule has 10 heteroatoms. The average molecular weight is 495 g/mol. The number of thioether (sulfide) groups is 1. The molecule has 1 N–H and O–H groups in total. The molecule has 0 aliphatic rings. The molecule has 0 aliphatic heterocycles. The van der Waals surface area contributed by atoms with E-state index in [0.29, 0.717) is 32.6 Å². The number of anilines is 1. The topological polar surface area (TPSA) is 78.3 Å². The zero-order chi connectivity index (χ0) is 21.7. The maximum Gasteiger partial charge on any atom is 0.234 e. The van der Waals surface area contributed by atoms with Gasteiger partial charge in [0.25, 0.3) is 0 Å². The fraction of sp³-hybridized carbons (Fsp3) is 0.250. The van der Waals surface area contributed by atoms with Gasteiger partial charge in [0.1, 0.15) is 5.82 Å². The van der Waals surface area contributed by atoms with Gasteiger partial charge in [-0.05, 0) is 53.2 Å². The van der Waals surface area contributed by atoms with Crippen LogP contribution in [-0.4, -0.2) is 33.5 Å². The lowest BCUT2D eigenvalue weighted by molar-refractivity contribution is -0.113. The first-order valence-electron chi connectivity index (χ1n) is 8.95. The summed E-state index contributed by atoms with van der Waals surface area (Å²) >= 11 is 4.47. The van der Waals surface area contributed by atoms with Crippen molar-refractivity contribution in [2.75, 3.05) is 18.2 Å². The van der Waals surface area contributed by atoms with Crippen LogP contribution >= 0.6 is 27.7 Å². The lowest BCUT2D eigenvalue weighted by Crippen LogP contribution is -2.15. The van der Waals surface area contributed by atoms with Crippen LogP contribution in [0.5, 0.6) is 11.5 Å². The molecular formula is C20H20BrFN4O3S. The van der Waals surface area contributed by atoms with Gasteiger partial charge in [0.05, 0.1) is 18.6 Å². The molecule has 2 aromatic carbocycles. The molecule has 1 aromatic heterocycles. The van der Waals surface area contributed by atoms with Crippen molar-refractivity contribution in [2.24, 2.45) is 7.05 Å². The van der Waals surface area contributed by atoms with Gasteiger partial charge in [-0.15, -0.1) is 10.2 Å². The zero-order valence-corrected chi connectivity index (χ0v) is 19.0. The fourth-order valence-electron chi connectivity index (χ4n) is 2.67. The van der Waals surface area contributed by atoms with Crippen LogP contribution < -0.4 is 14.8 Å². The number of hydrogen-bond donors (Lipinski definition) is 1. The van der Waals surface area contributed by atoms with Gasteiger partial charge in [-0.1, -0.05) is 23.9 Å². The minimum atomic E-state index is -0.384. The molecule has 0 saturated heterocycles. The van der Waals surface area contributed by atoms with Crippen molar-refractivity contribution in [2.45, 2.75) is 18.2 Å². The van der Waals surface area contributed by atoms with E-state index in [4.69, 9.17) is 9.47 Å². The smallest absolute Gasteiger partial charge is 0.234 e. The normalized spacial score (nSPS) is 11.8. The molecule has 0 radical (unpaired) electrons. The average Bonchev–Trinajstić information content (AvgIpc) is 3.09. The summed E-state index contributed by atoms with van der Waals surface area (Å²) in [6.07, 6.45) is -0.378. The van der Waals surface area contributed by atoms with Crippen LogP contribution in [-0.2, 0) is 11.8 Å². The van der Waals surface area contributed by atoms with E-state index < -0.39 is 0 Å². The molecule has 0 spiro atoms. The molecule has 0 fully saturated rings. The largest absolute Gasteiger partial charge is 0.493 e. The Morgan fingerprint density at radius 2 is 2.00 bits per heavy atom. The van der Waals surface area contributed by atoms with Gasteiger partial charge in [-0.2, -0.15) is 0 Å². The minimum Gasteiger partial charge on any atom is -0.493 e. The number of ether oxygens (including phenoxy) is 2. The number of nitrogens with zero attached hydrogens (tertiary/aromatic N) is 3. The minimum absolute atomic E-state index is 0.123. The van der Waals surface area contributed by atoms with Gasteiger partial charge < -0.3 is 19.4 Å². The number of benzene rings is 2. The van der Waals surface area contributed by atoms with E-state index in [-0.39, 0.29) is 23.6 Å². The number of hydrogen-bond acceptors (Lipinski definition) is 6.